The number of tetrazole rings is 1. The summed E-state index contributed by atoms with van der Waals surface area (Å²) in [4.78, 5) is 41.9. The molecule has 0 fully saturated rings. The molecule has 0 saturated heterocycles. The Balaban J connectivity index is 1.50. The number of ether oxygens (including phenoxy) is 2. The fourth-order valence-corrected chi connectivity index (χ4v) is 4.93. The maximum atomic E-state index is 13.0. The van der Waals surface area contributed by atoms with Crippen molar-refractivity contribution >= 4 is 29.5 Å². The molecule has 2 aromatic carbocycles. The zero-order chi connectivity index (χ0) is 32.3. The van der Waals surface area contributed by atoms with Crippen LogP contribution in [0.2, 0.25) is 5.15 Å². The highest BCUT2D eigenvalue weighted by Gasteiger charge is 2.28. The predicted molar refractivity (Wildman–Crippen MR) is 165 cm³/mol. The van der Waals surface area contributed by atoms with E-state index in [0.29, 0.717) is 24.5 Å². The molecule has 13 nitrogen and oxygen atoms in total. The van der Waals surface area contributed by atoms with E-state index >= 15 is 0 Å². The molecule has 2 N–H and O–H groups in total. The van der Waals surface area contributed by atoms with E-state index in [1.54, 1.807) is 14.1 Å². The monoisotopic (exact) mass is 637 g/mol. The molecule has 0 aliphatic rings. The van der Waals surface area contributed by atoms with Gasteiger partial charge < -0.3 is 19.1 Å². The van der Waals surface area contributed by atoms with E-state index < -0.39 is 24.1 Å². The number of rotatable bonds is 16. The highest BCUT2D eigenvalue weighted by Crippen LogP contribution is 2.30. The van der Waals surface area contributed by atoms with E-state index in [0.717, 1.165) is 40.9 Å². The molecule has 238 valence electrons. The fraction of sp³-hybridized carbons (Fsp3) is 0.387. The number of carbonyl (C=O) groups excluding carboxylic acids is 2. The van der Waals surface area contributed by atoms with Crippen molar-refractivity contribution in [2.75, 3.05) is 14.1 Å². The van der Waals surface area contributed by atoms with Gasteiger partial charge in [0.25, 0.3) is 6.23 Å². The van der Waals surface area contributed by atoms with Crippen molar-refractivity contribution in [1.82, 2.24) is 35.1 Å². The molecule has 0 unspecified atom stereocenters. The lowest BCUT2D eigenvalue weighted by molar-refractivity contribution is -0.179. The molecule has 0 spiro atoms. The number of carboxylic acid groups (broad SMARTS) is 1. The molecule has 2 heterocycles. The van der Waals surface area contributed by atoms with E-state index in [2.05, 4.69) is 32.5 Å². The first-order chi connectivity index (χ1) is 21.7. The number of aromatic amines is 1. The summed E-state index contributed by atoms with van der Waals surface area (Å²) >= 11 is 6.57. The van der Waals surface area contributed by atoms with Crippen LogP contribution in [0.5, 0.6) is 0 Å². The van der Waals surface area contributed by atoms with E-state index in [4.69, 9.17) is 26.2 Å². The van der Waals surface area contributed by atoms with Gasteiger partial charge in [-0.05, 0) is 48.8 Å². The lowest BCUT2D eigenvalue weighted by Crippen LogP contribution is -2.41. The Labute approximate surface area is 265 Å². The third-order valence-corrected chi connectivity index (χ3v) is 7.31. The first-order valence-electron chi connectivity index (χ1n) is 14.6. The van der Waals surface area contributed by atoms with Gasteiger partial charge >= 0.3 is 17.9 Å². The van der Waals surface area contributed by atoms with Gasteiger partial charge in [0.15, 0.2) is 5.15 Å². The van der Waals surface area contributed by atoms with Crippen LogP contribution in [0.1, 0.15) is 56.1 Å². The van der Waals surface area contributed by atoms with Gasteiger partial charge in [-0.2, -0.15) is 5.21 Å². The third kappa shape index (κ3) is 8.96. The standard InChI is InChI=1S/C31H36ClN7O6/c1-4-5-11-25-33-28(32)24(19-44-31(43)30(38(2)3)45-27(42)13-8-12-26(40)41)39(25)18-20-14-16-21(17-15-20)22-9-6-7-10-23(22)29-34-36-37-35-29/h6-7,9-10,14-17,30H,4-5,8,11-13,18-19H2,1-3H3,(H,40,41)(H,34,35,36,37)/t30-/m1/s1. The van der Waals surface area contributed by atoms with E-state index in [1.165, 1.54) is 4.90 Å². The Morgan fingerprint density at radius 2 is 1.78 bits per heavy atom. The van der Waals surface area contributed by atoms with Gasteiger partial charge in [0.1, 0.15) is 12.4 Å². The zero-order valence-corrected chi connectivity index (χ0v) is 26.2. The minimum absolute atomic E-state index is 0.102. The first kappa shape index (κ1) is 33.3. The van der Waals surface area contributed by atoms with Crippen LogP contribution in [0, 0.1) is 0 Å². The molecule has 4 aromatic rings. The summed E-state index contributed by atoms with van der Waals surface area (Å²) in [6, 6.07) is 15.9. The Hall–Kier alpha value is -4.62. The summed E-state index contributed by atoms with van der Waals surface area (Å²) in [5.41, 5.74) is 4.30. The molecule has 0 bridgehead atoms. The average Bonchev–Trinajstić information content (AvgIpc) is 3.66. The van der Waals surface area contributed by atoms with Gasteiger partial charge in [-0.15, -0.1) is 10.2 Å². The minimum atomic E-state index is -1.31. The summed E-state index contributed by atoms with van der Waals surface area (Å²) in [5.74, 6) is -1.21. The Morgan fingerprint density at radius 1 is 1.04 bits per heavy atom. The molecule has 2 aromatic heterocycles. The number of imidazole rings is 1. The molecule has 14 heteroatoms. The molecule has 4 rings (SSSR count). The van der Waals surface area contributed by atoms with Crippen molar-refractivity contribution < 1.29 is 29.0 Å². The average molecular weight is 638 g/mol. The first-order valence-corrected chi connectivity index (χ1v) is 15.0. The number of nitrogens with one attached hydrogen (secondary N) is 1. The van der Waals surface area contributed by atoms with E-state index in [1.807, 2.05) is 53.1 Å². The maximum Gasteiger partial charge on any atom is 0.363 e. The largest absolute Gasteiger partial charge is 0.481 e. The summed E-state index contributed by atoms with van der Waals surface area (Å²) in [5, 5.41) is 23.4. The number of aliphatic carboxylic acids is 1. The van der Waals surface area contributed by atoms with Crippen molar-refractivity contribution in [3.63, 3.8) is 0 Å². The van der Waals surface area contributed by atoms with Crippen molar-refractivity contribution in [1.29, 1.82) is 0 Å². The van der Waals surface area contributed by atoms with Gasteiger partial charge in [-0.1, -0.05) is 73.5 Å². The number of H-pyrrole nitrogens is 1. The van der Waals surface area contributed by atoms with Crippen LogP contribution in [-0.4, -0.2) is 78.4 Å². The number of likely N-dealkylation sites (N-methyl/N-ethyl adjacent to an activating group) is 1. The second-order valence-electron chi connectivity index (χ2n) is 10.6. The predicted octanol–water partition coefficient (Wildman–Crippen LogP) is 4.50. The fourth-order valence-electron chi connectivity index (χ4n) is 4.68. The highest BCUT2D eigenvalue weighted by atomic mass is 35.5. The highest BCUT2D eigenvalue weighted by molar-refractivity contribution is 6.30. The molecule has 0 amide bonds. The lowest BCUT2D eigenvalue weighted by Gasteiger charge is -2.22. The van der Waals surface area contributed by atoms with Crippen LogP contribution in [0.4, 0.5) is 0 Å². The van der Waals surface area contributed by atoms with Gasteiger partial charge in [0.2, 0.25) is 5.82 Å². The lowest BCUT2D eigenvalue weighted by atomic mass is 9.98. The number of hydrogen-bond donors (Lipinski definition) is 2. The van der Waals surface area contributed by atoms with E-state index in [9.17, 15) is 14.4 Å². The van der Waals surface area contributed by atoms with Crippen LogP contribution in [-0.2, 0) is 43.4 Å². The number of halogens is 1. The van der Waals surface area contributed by atoms with Crippen LogP contribution in [0.3, 0.4) is 0 Å². The summed E-state index contributed by atoms with van der Waals surface area (Å²) in [6.07, 6.45) is 1.04. The van der Waals surface area contributed by atoms with Crippen LogP contribution >= 0.6 is 11.6 Å². The number of carboxylic acids is 1. The number of hydrogen-bond acceptors (Lipinski definition) is 10. The summed E-state index contributed by atoms with van der Waals surface area (Å²) < 4.78 is 12.8. The molecular formula is C31H36ClN7O6. The van der Waals surface area contributed by atoms with Crippen LogP contribution < -0.4 is 0 Å². The quantitative estimate of drug-likeness (QED) is 0.131. The summed E-state index contributed by atoms with van der Waals surface area (Å²) in [7, 11) is 3.14. The second-order valence-corrected chi connectivity index (χ2v) is 11.0. The van der Waals surface area contributed by atoms with Gasteiger partial charge in [0, 0.05) is 31.4 Å². The number of unbranched alkanes of at least 4 members (excludes halogenated alkanes) is 1. The zero-order valence-electron chi connectivity index (χ0n) is 25.4. The summed E-state index contributed by atoms with van der Waals surface area (Å²) in [6.45, 7) is 2.34. The van der Waals surface area contributed by atoms with Gasteiger partial charge in [-0.25, -0.2) is 9.78 Å². The molecular weight excluding hydrogens is 602 g/mol. The number of carbonyl (C=O) groups is 3. The Bertz CT molecular complexity index is 1590. The normalized spacial score (nSPS) is 11.8. The van der Waals surface area contributed by atoms with Crippen molar-refractivity contribution in [3.8, 4) is 22.5 Å². The van der Waals surface area contributed by atoms with Crippen molar-refractivity contribution in [3.05, 3.63) is 70.8 Å². The van der Waals surface area contributed by atoms with Gasteiger partial charge in [0.05, 0.1) is 5.69 Å². The van der Waals surface area contributed by atoms with E-state index in [-0.39, 0.29) is 31.0 Å². The topological polar surface area (TPSA) is 165 Å². The Morgan fingerprint density at radius 3 is 2.42 bits per heavy atom. The van der Waals surface area contributed by atoms with Crippen molar-refractivity contribution in [2.24, 2.45) is 0 Å². The molecule has 0 saturated carbocycles. The third-order valence-electron chi connectivity index (χ3n) is 7.01. The Kier molecular flexibility index (Phi) is 11.8. The minimum Gasteiger partial charge on any atom is -0.481 e. The number of aromatic nitrogens is 6. The second kappa shape index (κ2) is 15.9. The molecule has 0 aliphatic heterocycles. The molecule has 0 radical (unpaired) electrons. The smallest absolute Gasteiger partial charge is 0.363 e. The van der Waals surface area contributed by atoms with Crippen LogP contribution in [0.25, 0.3) is 22.5 Å². The number of benzene rings is 2. The molecule has 0 aliphatic carbocycles. The van der Waals surface area contributed by atoms with Crippen LogP contribution in [0.15, 0.2) is 48.5 Å². The maximum absolute atomic E-state index is 13.0. The number of nitrogens with zero attached hydrogens (tertiary/aromatic N) is 6. The number of aryl methyl sites for hydroxylation is 1. The molecule has 1 atom stereocenters. The molecule has 45 heavy (non-hydrogen) atoms. The van der Waals surface area contributed by atoms with Gasteiger partial charge in [-0.3, -0.25) is 14.5 Å². The van der Waals surface area contributed by atoms with Crippen molar-refractivity contribution in [2.45, 2.75) is 64.8 Å². The SMILES string of the molecule is CCCCc1nc(Cl)c(COC(=O)[C@@H](OC(=O)CCCC(=O)O)N(C)C)n1Cc1ccc(-c2ccccc2-c2nn[nH]n2)cc1. The number of esters is 2.